The normalized spacial score (nSPS) is 10.7. The van der Waals surface area contributed by atoms with Crippen molar-refractivity contribution in [2.24, 2.45) is 0 Å². The summed E-state index contributed by atoms with van der Waals surface area (Å²) in [5, 5.41) is 16.5. The molecule has 4 aromatic rings. The fraction of sp³-hybridized carbons (Fsp3) is 0.160. The van der Waals surface area contributed by atoms with E-state index in [4.69, 9.17) is 11.6 Å². The molecular formula is C25H24ClN5OS. The molecule has 2 N–H and O–H groups in total. The van der Waals surface area contributed by atoms with E-state index >= 15 is 0 Å². The van der Waals surface area contributed by atoms with Crippen molar-refractivity contribution < 1.29 is 4.79 Å². The highest BCUT2D eigenvalue weighted by Crippen LogP contribution is 2.24. The summed E-state index contributed by atoms with van der Waals surface area (Å²) >= 11 is 7.40. The summed E-state index contributed by atoms with van der Waals surface area (Å²) in [5.41, 5.74) is 3.95. The number of rotatable bonds is 9. The SMILES string of the molecule is Cc1ccc(NCc2nnc(SCCC(=O)Nc3ccc(Cl)cc3)n2-c2ccccc2)cc1. The lowest BCUT2D eigenvalue weighted by Crippen LogP contribution is -2.12. The van der Waals surface area contributed by atoms with Crippen molar-refractivity contribution in [1.29, 1.82) is 0 Å². The first-order valence-electron chi connectivity index (χ1n) is 10.6. The summed E-state index contributed by atoms with van der Waals surface area (Å²) in [4.78, 5) is 12.3. The molecule has 0 aliphatic heterocycles. The van der Waals surface area contributed by atoms with Gasteiger partial charge in [0.2, 0.25) is 5.91 Å². The van der Waals surface area contributed by atoms with Gasteiger partial charge in [-0.1, -0.05) is 59.3 Å². The Hall–Kier alpha value is -3.29. The Balaban J connectivity index is 1.42. The second-order valence-corrected chi connectivity index (χ2v) is 8.94. The van der Waals surface area contributed by atoms with Gasteiger partial charge < -0.3 is 10.6 Å². The van der Waals surface area contributed by atoms with Crippen LogP contribution in [0.5, 0.6) is 0 Å². The molecule has 168 valence electrons. The molecule has 1 heterocycles. The number of nitrogens with zero attached hydrogens (tertiary/aromatic N) is 3. The molecule has 0 saturated carbocycles. The summed E-state index contributed by atoms with van der Waals surface area (Å²) in [6.07, 6.45) is 0.353. The maximum Gasteiger partial charge on any atom is 0.225 e. The smallest absolute Gasteiger partial charge is 0.225 e. The van der Waals surface area contributed by atoms with Crippen molar-refractivity contribution in [3.8, 4) is 5.69 Å². The minimum absolute atomic E-state index is 0.0585. The van der Waals surface area contributed by atoms with E-state index in [1.807, 2.05) is 47.0 Å². The van der Waals surface area contributed by atoms with E-state index in [1.54, 1.807) is 24.3 Å². The van der Waals surface area contributed by atoms with Crippen LogP contribution in [-0.4, -0.2) is 26.4 Å². The molecule has 33 heavy (non-hydrogen) atoms. The number of aryl methyl sites for hydroxylation is 1. The molecule has 0 atom stereocenters. The Kier molecular flexibility index (Phi) is 7.65. The maximum atomic E-state index is 12.3. The lowest BCUT2D eigenvalue weighted by Gasteiger charge is -2.11. The quantitative estimate of drug-likeness (QED) is 0.291. The highest BCUT2D eigenvalue weighted by atomic mass is 35.5. The predicted molar refractivity (Wildman–Crippen MR) is 135 cm³/mol. The Morgan fingerprint density at radius 2 is 1.64 bits per heavy atom. The fourth-order valence-corrected chi connectivity index (χ4v) is 4.22. The zero-order chi connectivity index (χ0) is 23.0. The molecule has 0 unspecified atom stereocenters. The predicted octanol–water partition coefficient (Wildman–Crippen LogP) is 5.96. The van der Waals surface area contributed by atoms with Crippen LogP contribution < -0.4 is 10.6 Å². The lowest BCUT2D eigenvalue weighted by molar-refractivity contribution is -0.115. The highest BCUT2D eigenvalue weighted by molar-refractivity contribution is 7.99. The van der Waals surface area contributed by atoms with Crippen molar-refractivity contribution in [1.82, 2.24) is 14.8 Å². The molecule has 0 fully saturated rings. The monoisotopic (exact) mass is 477 g/mol. The Morgan fingerprint density at radius 3 is 2.36 bits per heavy atom. The number of nitrogens with one attached hydrogen (secondary N) is 2. The van der Waals surface area contributed by atoms with Gasteiger partial charge in [-0.15, -0.1) is 10.2 Å². The molecule has 1 amide bonds. The molecule has 4 rings (SSSR count). The number of anilines is 2. The van der Waals surface area contributed by atoms with Crippen molar-refractivity contribution in [2.45, 2.75) is 25.0 Å². The number of amides is 1. The molecule has 0 saturated heterocycles. The van der Waals surface area contributed by atoms with Gasteiger partial charge in [-0.05, 0) is 55.5 Å². The molecule has 1 aromatic heterocycles. The van der Waals surface area contributed by atoms with Crippen molar-refractivity contribution >= 4 is 40.6 Å². The third kappa shape index (κ3) is 6.37. The van der Waals surface area contributed by atoms with Gasteiger partial charge in [0.1, 0.15) is 0 Å². The van der Waals surface area contributed by atoms with Crippen molar-refractivity contribution in [2.75, 3.05) is 16.4 Å². The van der Waals surface area contributed by atoms with Gasteiger partial charge in [0.15, 0.2) is 11.0 Å². The first kappa shape index (κ1) is 22.9. The number of aromatic nitrogens is 3. The molecule has 0 radical (unpaired) electrons. The van der Waals surface area contributed by atoms with E-state index in [9.17, 15) is 4.79 Å². The number of hydrogen-bond donors (Lipinski definition) is 2. The number of carbonyl (C=O) groups excluding carboxylic acids is 1. The second-order valence-electron chi connectivity index (χ2n) is 7.44. The van der Waals surface area contributed by atoms with Gasteiger partial charge in [-0.3, -0.25) is 9.36 Å². The molecule has 8 heteroatoms. The molecule has 6 nitrogen and oxygen atoms in total. The van der Waals surface area contributed by atoms with Crippen LogP contribution in [-0.2, 0) is 11.3 Å². The van der Waals surface area contributed by atoms with Crippen LogP contribution >= 0.6 is 23.4 Å². The van der Waals surface area contributed by atoms with Crippen LogP contribution in [0.3, 0.4) is 0 Å². The summed E-state index contributed by atoms with van der Waals surface area (Å²) < 4.78 is 2.03. The third-order valence-corrected chi connectivity index (χ3v) is 6.09. The second kappa shape index (κ2) is 11.0. The summed E-state index contributed by atoms with van der Waals surface area (Å²) in [7, 11) is 0. The number of benzene rings is 3. The molecule has 3 aromatic carbocycles. The Bertz CT molecular complexity index is 1190. The van der Waals surface area contributed by atoms with Crippen LogP contribution in [0.15, 0.2) is 84.0 Å². The van der Waals surface area contributed by atoms with E-state index in [-0.39, 0.29) is 5.91 Å². The van der Waals surface area contributed by atoms with E-state index in [1.165, 1.54) is 17.3 Å². The molecule has 0 spiro atoms. The Morgan fingerprint density at radius 1 is 0.939 bits per heavy atom. The van der Waals surface area contributed by atoms with Gasteiger partial charge in [-0.2, -0.15) is 0 Å². The van der Waals surface area contributed by atoms with Gasteiger partial charge in [0, 0.05) is 34.3 Å². The molecule has 0 aliphatic rings. The number of thioether (sulfide) groups is 1. The molecule has 0 aliphatic carbocycles. The fourth-order valence-electron chi connectivity index (χ4n) is 3.19. The first-order valence-corrected chi connectivity index (χ1v) is 11.9. The summed E-state index contributed by atoms with van der Waals surface area (Å²) in [5.74, 6) is 1.32. The third-order valence-electron chi connectivity index (χ3n) is 4.91. The molecular weight excluding hydrogens is 454 g/mol. The number of halogens is 1. The number of para-hydroxylation sites is 1. The topological polar surface area (TPSA) is 71.8 Å². The maximum absolute atomic E-state index is 12.3. The largest absolute Gasteiger partial charge is 0.378 e. The first-order chi connectivity index (χ1) is 16.1. The van der Waals surface area contributed by atoms with E-state index in [0.717, 1.165) is 28.0 Å². The Labute approximate surface area is 202 Å². The lowest BCUT2D eigenvalue weighted by atomic mass is 10.2. The zero-order valence-corrected chi connectivity index (χ0v) is 19.7. The van der Waals surface area contributed by atoms with Gasteiger partial charge in [-0.25, -0.2) is 0 Å². The average molecular weight is 478 g/mol. The van der Waals surface area contributed by atoms with Gasteiger partial charge >= 0.3 is 0 Å². The van der Waals surface area contributed by atoms with Crippen LogP contribution in [0.25, 0.3) is 5.69 Å². The van der Waals surface area contributed by atoms with Crippen molar-refractivity contribution in [3.05, 3.63) is 95.3 Å². The zero-order valence-electron chi connectivity index (χ0n) is 18.2. The highest BCUT2D eigenvalue weighted by Gasteiger charge is 2.15. The average Bonchev–Trinajstić information content (AvgIpc) is 3.23. The standard InChI is InChI=1S/C25H24ClN5OS/c1-18-7-11-20(12-8-18)27-17-23-29-30-25(31(23)22-5-3-2-4-6-22)33-16-15-24(32)28-21-13-9-19(26)10-14-21/h2-14,27H,15-17H2,1H3,(H,28,32). The van der Waals surface area contributed by atoms with Crippen LogP contribution in [0.1, 0.15) is 17.8 Å². The minimum atomic E-state index is -0.0585. The van der Waals surface area contributed by atoms with E-state index in [0.29, 0.717) is 23.7 Å². The van der Waals surface area contributed by atoms with Crippen LogP contribution in [0, 0.1) is 6.92 Å². The summed E-state index contributed by atoms with van der Waals surface area (Å²) in [6, 6.07) is 25.3. The number of carbonyl (C=O) groups is 1. The molecule has 0 bridgehead atoms. The van der Waals surface area contributed by atoms with Gasteiger partial charge in [0.05, 0.1) is 6.54 Å². The number of hydrogen-bond acceptors (Lipinski definition) is 5. The minimum Gasteiger partial charge on any atom is -0.378 e. The summed E-state index contributed by atoms with van der Waals surface area (Å²) in [6.45, 7) is 2.59. The van der Waals surface area contributed by atoms with E-state index < -0.39 is 0 Å². The van der Waals surface area contributed by atoms with E-state index in [2.05, 4.69) is 39.9 Å². The van der Waals surface area contributed by atoms with Crippen LogP contribution in [0.2, 0.25) is 5.02 Å². The van der Waals surface area contributed by atoms with Crippen molar-refractivity contribution in [3.63, 3.8) is 0 Å². The van der Waals surface area contributed by atoms with Crippen LogP contribution in [0.4, 0.5) is 11.4 Å². The van der Waals surface area contributed by atoms with Gasteiger partial charge in [0.25, 0.3) is 0 Å².